The third kappa shape index (κ3) is 3.83. The molecule has 0 saturated heterocycles. The van der Waals surface area contributed by atoms with Gasteiger partial charge in [-0.2, -0.15) is 5.10 Å². The van der Waals surface area contributed by atoms with Gasteiger partial charge >= 0.3 is 0 Å². The summed E-state index contributed by atoms with van der Waals surface area (Å²) in [6, 6.07) is 0. The highest BCUT2D eigenvalue weighted by molar-refractivity contribution is 5.87. The fourth-order valence-electron chi connectivity index (χ4n) is 8.09. The second-order valence-electron chi connectivity index (χ2n) is 11.2. The molecule has 0 aromatic carbocycles. The molecule has 0 aromatic rings. The van der Waals surface area contributed by atoms with Gasteiger partial charge in [-0.3, -0.25) is 5.41 Å². The minimum atomic E-state index is -0.578. The lowest BCUT2D eigenvalue weighted by Crippen LogP contribution is -2.62. The van der Waals surface area contributed by atoms with Crippen molar-refractivity contribution in [2.24, 2.45) is 56.2 Å². The first-order valence-corrected chi connectivity index (χ1v) is 12.5. The fourth-order valence-corrected chi connectivity index (χ4v) is 8.09. The third-order valence-corrected chi connectivity index (χ3v) is 9.96. The molecule has 7 atom stereocenters. The normalized spacial score (nSPS) is 44.7. The van der Waals surface area contributed by atoms with Crippen molar-refractivity contribution >= 4 is 17.9 Å². The van der Waals surface area contributed by atoms with Crippen LogP contribution in [0.4, 0.5) is 0 Å². The Balaban J connectivity index is 1.47. The van der Waals surface area contributed by atoms with Crippen LogP contribution >= 0.6 is 0 Å². The van der Waals surface area contributed by atoms with Crippen LogP contribution in [0.1, 0.15) is 78.1 Å². The molecule has 8 heteroatoms. The van der Waals surface area contributed by atoms with Gasteiger partial charge < -0.3 is 21.4 Å². The van der Waals surface area contributed by atoms with E-state index in [0.29, 0.717) is 36.8 Å². The molecular weight excluding hydrogens is 404 g/mol. The molecule has 4 saturated carbocycles. The standard InChI is InChI=1S/C24H42N6O2/c1-22-9-6-18(29-30-21(26)27)15-17(22)3-4-20-19(22)7-10-23(2)16(5-11-24(20,23)31)8-13-28-32-14-12-25/h13,16-17,19-20,31H,3-12,14-15,25H2,1-2H3,(H4,26,27,30)/b28-13+,29-18?/t16?,17?,19-,20-,22+,23-,24-/m1/s1. The summed E-state index contributed by atoms with van der Waals surface area (Å²) in [6.45, 7) is 5.73. The van der Waals surface area contributed by atoms with Crippen LogP contribution in [0, 0.1) is 39.9 Å². The van der Waals surface area contributed by atoms with Crippen LogP contribution in [-0.2, 0) is 4.84 Å². The minimum Gasteiger partial charge on any atom is -0.395 e. The number of hydrogen-bond acceptors (Lipinski definition) is 6. The van der Waals surface area contributed by atoms with E-state index in [1.165, 1.54) is 6.42 Å². The lowest BCUT2D eigenvalue weighted by molar-refractivity contribution is -0.202. The molecule has 4 fully saturated rings. The predicted octanol–water partition coefficient (Wildman–Crippen LogP) is 2.95. The highest BCUT2D eigenvalue weighted by atomic mass is 16.6. The number of rotatable bonds is 6. The van der Waals surface area contributed by atoms with Crippen LogP contribution < -0.4 is 16.9 Å². The number of nitrogens with one attached hydrogen (secondary N) is 2. The molecular formula is C24H42N6O2. The first kappa shape index (κ1) is 23.5. The number of hydrogen-bond donors (Lipinski definition) is 5. The maximum atomic E-state index is 12.2. The van der Waals surface area contributed by atoms with Crippen molar-refractivity contribution in [3.63, 3.8) is 0 Å². The molecule has 4 rings (SSSR count). The Morgan fingerprint density at radius 1 is 1.22 bits per heavy atom. The number of hydrazone groups is 1. The monoisotopic (exact) mass is 446 g/mol. The van der Waals surface area contributed by atoms with Crippen molar-refractivity contribution in [2.45, 2.75) is 83.7 Å². The van der Waals surface area contributed by atoms with Gasteiger partial charge in [-0.25, -0.2) is 5.43 Å². The number of aliphatic hydroxyl groups is 1. The first-order chi connectivity index (χ1) is 15.2. The summed E-state index contributed by atoms with van der Waals surface area (Å²) >= 11 is 0. The molecule has 32 heavy (non-hydrogen) atoms. The van der Waals surface area contributed by atoms with Gasteiger partial charge in [0.15, 0.2) is 0 Å². The maximum Gasteiger partial charge on any atom is 0.206 e. The lowest BCUT2D eigenvalue weighted by atomic mass is 9.43. The molecule has 0 radical (unpaired) electrons. The summed E-state index contributed by atoms with van der Waals surface area (Å²) in [5, 5.41) is 28.0. The Kier molecular flexibility index (Phi) is 6.56. The summed E-state index contributed by atoms with van der Waals surface area (Å²) in [5.41, 5.74) is 14.3. The maximum absolute atomic E-state index is 12.2. The molecule has 0 aliphatic heterocycles. The zero-order valence-corrected chi connectivity index (χ0v) is 19.8. The zero-order valence-electron chi connectivity index (χ0n) is 19.8. The fraction of sp³-hybridized carbons (Fsp3) is 0.875. The van der Waals surface area contributed by atoms with Gasteiger partial charge in [-0.1, -0.05) is 19.0 Å². The molecule has 0 heterocycles. The molecule has 8 nitrogen and oxygen atoms in total. The average Bonchev–Trinajstić information content (AvgIpc) is 3.03. The number of oxime groups is 1. The van der Waals surface area contributed by atoms with Crippen LogP contribution in [0.15, 0.2) is 10.3 Å². The second kappa shape index (κ2) is 8.93. The molecule has 180 valence electrons. The number of guanidine groups is 1. The molecule has 7 N–H and O–H groups in total. The average molecular weight is 447 g/mol. The Hall–Kier alpha value is -1.67. The summed E-state index contributed by atoms with van der Waals surface area (Å²) in [4.78, 5) is 5.18. The summed E-state index contributed by atoms with van der Waals surface area (Å²) in [5.74, 6) is 1.90. The lowest BCUT2D eigenvalue weighted by Gasteiger charge is -2.63. The highest BCUT2D eigenvalue weighted by Crippen LogP contribution is 2.69. The minimum absolute atomic E-state index is 0.0516. The highest BCUT2D eigenvalue weighted by Gasteiger charge is 2.66. The van der Waals surface area contributed by atoms with Crippen molar-refractivity contribution in [1.29, 1.82) is 5.41 Å². The van der Waals surface area contributed by atoms with Gasteiger partial charge in [0.25, 0.3) is 0 Å². The molecule has 4 aliphatic rings. The van der Waals surface area contributed by atoms with Gasteiger partial charge in [0.05, 0.1) is 5.60 Å². The van der Waals surface area contributed by atoms with Gasteiger partial charge in [-0.05, 0) is 98.7 Å². The van der Waals surface area contributed by atoms with E-state index in [4.69, 9.17) is 21.7 Å². The number of nitrogens with two attached hydrogens (primary N) is 2. The van der Waals surface area contributed by atoms with Gasteiger partial charge in [0.2, 0.25) is 5.96 Å². The molecule has 0 bridgehead atoms. The Morgan fingerprint density at radius 3 is 2.78 bits per heavy atom. The quantitative estimate of drug-likeness (QED) is 0.184. The van der Waals surface area contributed by atoms with Crippen molar-refractivity contribution in [1.82, 2.24) is 5.43 Å². The molecule has 0 amide bonds. The summed E-state index contributed by atoms with van der Waals surface area (Å²) in [7, 11) is 0. The summed E-state index contributed by atoms with van der Waals surface area (Å²) in [6.07, 6.45) is 12.3. The topological polar surface area (TPSA) is 142 Å². The van der Waals surface area contributed by atoms with E-state index in [-0.39, 0.29) is 16.8 Å². The van der Waals surface area contributed by atoms with Crippen LogP contribution in [0.3, 0.4) is 0 Å². The van der Waals surface area contributed by atoms with Crippen molar-refractivity contribution in [3.05, 3.63) is 0 Å². The SMILES string of the molecule is C[C@]12CCC(=NNC(=N)N)CC1CC[C@@H]1[C@H]2CC[C@]2(C)C(C/C=N/OCCN)CC[C@@]12O. The Morgan fingerprint density at radius 2 is 2.03 bits per heavy atom. The number of nitrogens with zero attached hydrogens (tertiary/aromatic N) is 2. The zero-order chi connectivity index (χ0) is 23.0. The summed E-state index contributed by atoms with van der Waals surface area (Å²) < 4.78 is 0. The Labute approximate surface area is 192 Å². The Bertz CT molecular complexity index is 772. The van der Waals surface area contributed by atoms with Crippen molar-refractivity contribution < 1.29 is 9.94 Å². The first-order valence-electron chi connectivity index (χ1n) is 12.5. The molecule has 4 aliphatic carbocycles. The third-order valence-electron chi connectivity index (χ3n) is 9.96. The van der Waals surface area contributed by atoms with Gasteiger partial charge in [0.1, 0.15) is 6.61 Å². The van der Waals surface area contributed by atoms with E-state index in [1.807, 2.05) is 6.21 Å². The van der Waals surface area contributed by atoms with Crippen LogP contribution in [-0.4, -0.2) is 41.7 Å². The van der Waals surface area contributed by atoms with Crippen molar-refractivity contribution in [2.75, 3.05) is 13.2 Å². The van der Waals surface area contributed by atoms with Crippen LogP contribution in [0.5, 0.6) is 0 Å². The van der Waals surface area contributed by atoms with Gasteiger partial charge in [-0.15, -0.1) is 0 Å². The van der Waals surface area contributed by atoms with Gasteiger partial charge in [0, 0.05) is 18.5 Å². The van der Waals surface area contributed by atoms with E-state index in [2.05, 4.69) is 29.5 Å². The van der Waals surface area contributed by atoms with E-state index in [9.17, 15) is 5.11 Å². The number of fused-ring (bicyclic) bond motifs is 5. The molecule has 0 aromatic heterocycles. The van der Waals surface area contributed by atoms with Crippen LogP contribution in [0.25, 0.3) is 0 Å². The predicted molar refractivity (Wildman–Crippen MR) is 127 cm³/mol. The largest absolute Gasteiger partial charge is 0.395 e. The smallest absolute Gasteiger partial charge is 0.206 e. The van der Waals surface area contributed by atoms with E-state index in [1.54, 1.807) is 0 Å². The van der Waals surface area contributed by atoms with E-state index in [0.717, 1.165) is 63.5 Å². The van der Waals surface area contributed by atoms with Crippen LogP contribution in [0.2, 0.25) is 0 Å². The van der Waals surface area contributed by atoms with Crippen molar-refractivity contribution in [3.8, 4) is 0 Å². The molecule has 2 unspecified atom stereocenters. The van der Waals surface area contributed by atoms with E-state index >= 15 is 0 Å². The second-order valence-corrected chi connectivity index (χ2v) is 11.2. The van der Waals surface area contributed by atoms with E-state index < -0.39 is 5.60 Å². The molecule has 0 spiro atoms.